The van der Waals surface area contributed by atoms with Crippen molar-refractivity contribution in [1.82, 2.24) is 9.21 Å². The molecule has 120 valence electrons. The first-order valence-electron chi connectivity index (χ1n) is 7.06. The first-order valence-corrected chi connectivity index (χ1v) is 9.03. The number of halogens is 1. The fourth-order valence-electron chi connectivity index (χ4n) is 2.47. The van der Waals surface area contributed by atoms with Gasteiger partial charge in [0.1, 0.15) is 0 Å². The van der Waals surface area contributed by atoms with Gasteiger partial charge in [-0.05, 0) is 45.1 Å². The molecule has 1 aromatic rings. The Hall–Kier alpha value is -0.620. The molecule has 0 saturated heterocycles. The number of hydrogen-bond acceptors (Lipinski definition) is 3. The highest BCUT2D eigenvalue weighted by atomic mass is 35.5. The van der Waals surface area contributed by atoms with Gasteiger partial charge in [0.15, 0.2) is 0 Å². The summed E-state index contributed by atoms with van der Waals surface area (Å²) in [5, 5.41) is 0. The zero-order chi connectivity index (χ0) is 16.2. The molecule has 0 heterocycles. The lowest BCUT2D eigenvalue weighted by atomic mass is 10.2. The van der Waals surface area contributed by atoms with Crippen LogP contribution in [0.2, 0.25) is 0 Å². The van der Waals surface area contributed by atoms with Crippen molar-refractivity contribution < 1.29 is 8.42 Å². The maximum absolute atomic E-state index is 12.9. The summed E-state index contributed by atoms with van der Waals surface area (Å²) in [6, 6.07) is 5.27. The van der Waals surface area contributed by atoms with E-state index in [2.05, 4.69) is 0 Å². The Labute approximate surface area is 133 Å². The number of benzene rings is 1. The number of alkyl halides is 1. The second-order valence-corrected chi connectivity index (χ2v) is 7.68. The van der Waals surface area contributed by atoms with Gasteiger partial charge < -0.3 is 4.90 Å². The van der Waals surface area contributed by atoms with Crippen molar-refractivity contribution in [3.8, 4) is 0 Å². The van der Waals surface area contributed by atoms with E-state index >= 15 is 0 Å². The number of sulfonamides is 1. The summed E-state index contributed by atoms with van der Waals surface area (Å²) in [7, 11) is 0.370. The van der Waals surface area contributed by atoms with Gasteiger partial charge >= 0.3 is 0 Å². The van der Waals surface area contributed by atoms with Crippen LogP contribution in [-0.4, -0.2) is 50.8 Å². The highest BCUT2D eigenvalue weighted by Crippen LogP contribution is 2.23. The fraction of sp³-hybridized carbons (Fsp3) is 0.600. The number of hydrogen-bond donors (Lipinski definition) is 0. The predicted octanol–water partition coefficient (Wildman–Crippen LogP) is 2.69. The van der Waals surface area contributed by atoms with Crippen LogP contribution in [0.3, 0.4) is 0 Å². The van der Waals surface area contributed by atoms with Crippen LogP contribution >= 0.6 is 11.6 Å². The molecule has 1 atom stereocenters. The molecule has 0 fully saturated rings. The minimum atomic E-state index is -3.51. The van der Waals surface area contributed by atoms with E-state index in [4.69, 9.17) is 11.6 Å². The third kappa shape index (κ3) is 4.42. The van der Waals surface area contributed by atoms with Crippen molar-refractivity contribution >= 4 is 21.6 Å². The lowest BCUT2D eigenvalue weighted by molar-refractivity contribution is 0.271. The Morgan fingerprint density at radius 2 is 1.90 bits per heavy atom. The summed E-state index contributed by atoms with van der Waals surface area (Å²) >= 11 is 5.83. The van der Waals surface area contributed by atoms with E-state index in [0.29, 0.717) is 23.9 Å². The highest BCUT2D eigenvalue weighted by Gasteiger charge is 2.29. The highest BCUT2D eigenvalue weighted by molar-refractivity contribution is 7.89. The zero-order valence-electron chi connectivity index (χ0n) is 13.4. The molecule has 0 saturated carbocycles. The molecular formula is C15H25ClN2O2S. The number of nitrogens with zero attached hydrogens (tertiary/aromatic N) is 2. The summed E-state index contributed by atoms with van der Waals surface area (Å²) in [6.07, 6.45) is 0. The maximum Gasteiger partial charge on any atom is 0.243 e. The second-order valence-electron chi connectivity index (χ2n) is 5.55. The number of likely N-dealkylation sites (N-methyl/N-ethyl adjacent to an activating group) is 2. The summed E-state index contributed by atoms with van der Waals surface area (Å²) in [4.78, 5) is 2.35. The van der Waals surface area contributed by atoms with Crippen LogP contribution in [0.25, 0.3) is 0 Å². The molecule has 0 radical (unpaired) electrons. The van der Waals surface area contributed by atoms with Crippen LogP contribution < -0.4 is 0 Å². The van der Waals surface area contributed by atoms with Gasteiger partial charge in [-0.3, -0.25) is 0 Å². The van der Waals surface area contributed by atoms with Gasteiger partial charge in [0, 0.05) is 25.0 Å². The third-order valence-corrected chi connectivity index (χ3v) is 5.97. The Kier molecular flexibility index (Phi) is 6.66. The lowest BCUT2D eigenvalue weighted by Gasteiger charge is -2.29. The molecule has 1 aromatic carbocycles. The Morgan fingerprint density at radius 1 is 1.29 bits per heavy atom. The summed E-state index contributed by atoms with van der Waals surface area (Å²) in [5.41, 5.74) is 1.57. The van der Waals surface area contributed by atoms with Crippen molar-refractivity contribution in [1.29, 1.82) is 0 Å². The molecule has 0 aliphatic rings. The van der Waals surface area contributed by atoms with E-state index in [9.17, 15) is 8.42 Å². The monoisotopic (exact) mass is 332 g/mol. The van der Waals surface area contributed by atoms with E-state index in [-0.39, 0.29) is 6.04 Å². The average molecular weight is 333 g/mol. The molecule has 0 spiro atoms. The van der Waals surface area contributed by atoms with Gasteiger partial charge in [-0.2, -0.15) is 4.31 Å². The smallest absolute Gasteiger partial charge is 0.243 e. The van der Waals surface area contributed by atoms with E-state index in [0.717, 1.165) is 11.1 Å². The van der Waals surface area contributed by atoms with Crippen LogP contribution in [-0.2, 0) is 15.9 Å². The van der Waals surface area contributed by atoms with E-state index in [1.54, 1.807) is 10.4 Å². The normalized spacial score (nSPS) is 13.9. The van der Waals surface area contributed by atoms with Crippen LogP contribution in [0.1, 0.15) is 25.0 Å². The van der Waals surface area contributed by atoms with Crippen LogP contribution in [0, 0.1) is 6.92 Å². The third-order valence-electron chi connectivity index (χ3n) is 3.43. The maximum atomic E-state index is 12.9. The van der Waals surface area contributed by atoms with Crippen molar-refractivity contribution in [2.24, 2.45) is 0 Å². The van der Waals surface area contributed by atoms with E-state index in [1.807, 2.05) is 51.9 Å². The van der Waals surface area contributed by atoms with Gasteiger partial charge in [-0.15, -0.1) is 11.6 Å². The Morgan fingerprint density at radius 3 is 2.38 bits per heavy atom. The lowest BCUT2D eigenvalue weighted by Crippen LogP contribution is -2.43. The summed E-state index contributed by atoms with van der Waals surface area (Å²) in [5.74, 6) is 0.308. The number of rotatable bonds is 7. The second kappa shape index (κ2) is 7.58. The standard InChI is InChI=1S/C15H25ClN2O2S/c1-6-18(13(3)11-17(4)5)21(19,20)15-9-14(10-16)8-7-12(15)2/h7-9,13H,6,10-11H2,1-5H3. The molecule has 0 aliphatic heterocycles. The largest absolute Gasteiger partial charge is 0.308 e. The van der Waals surface area contributed by atoms with E-state index in [1.165, 1.54) is 0 Å². The van der Waals surface area contributed by atoms with Crippen molar-refractivity contribution in [2.45, 2.75) is 37.6 Å². The van der Waals surface area contributed by atoms with Gasteiger partial charge in [0.2, 0.25) is 10.0 Å². The first-order chi connectivity index (χ1) is 9.73. The van der Waals surface area contributed by atoms with Crippen molar-refractivity contribution in [2.75, 3.05) is 27.2 Å². The van der Waals surface area contributed by atoms with Crippen molar-refractivity contribution in [3.63, 3.8) is 0 Å². The fourth-order valence-corrected chi connectivity index (χ4v) is 4.54. The summed E-state index contributed by atoms with van der Waals surface area (Å²) < 4.78 is 27.4. The van der Waals surface area contributed by atoms with Crippen LogP contribution in [0.5, 0.6) is 0 Å². The van der Waals surface area contributed by atoms with Crippen LogP contribution in [0.15, 0.2) is 23.1 Å². The molecule has 0 N–H and O–H groups in total. The summed E-state index contributed by atoms with van der Waals surface area (Å²) in [6.45, 7) is 6.74. The molecule has 1 unspecified atom stereocenters. The molecule has 0 aliphatic carbocycles. The molecule has 21 heavy (non-hydrogen) atoms. The molecule has 4 nitrogen and oxygen atoms in total. The first kappa shape index (κ1) is 18.4. The van der Waals surface area contributed by atoms with Gasteiger partial charge in [0.05, 0.1) is 4.90 Å². The Bertz CT molecular complexity index is 573. The topological polar surface area (TPSA) is 40.6 Å². The van der Waals surface area contributed by atoms with Gasteiger partial charge in [0.25, 0.3) is 0 Å². The predicted molar refractivity (Wildman–Crippen MR) is 88.3 cm³/mol. The average Bonchev–Trinajstić information content (AvgIpc) is 2.38. The minimum Gasteiger partial charge on any atom is -0.308 e. The molecule has 6 heteroatoms. The van der Waals surface area contributed by atoms with Gasteiger partial charge in [-0.1, -0.05) is 19.1 Å². The van der Waals surface area contributed by atoms with Crippen LogP contribution in [0.4, 0.5) is 0 Å². The van der Waals surface area contributed by atoms with E-state index < -0.39 is 10.0 Å². The molecule has 1 rings (SSSR count). The van der Waals surface area contributed by atoms with Gasteiger partial charge in [-0.25, -0.2) is 8.42 Å². The zero-order valence-corrected chi connectivity index (χ0v) is 15.0. The minimum absolute atomic E-state index is 0.0888. The molecule has 0 amide bonds. The molecule has 0 bridgehead atoms. The van der Waals surface area contributed by atoms with Crippen molar-refractivity contribution in [3.05, 3.63) is 29.3 Å². The SMILES string of the molecule is CCN(C(C)CN(C)C)S(=O)(=O)c1cc(CCl)ccc1C. The molecular weight excluding hydrogens is 308 g/mol. The molecule has 0 aromatic heterocycles. The quantitative estimate of drug-likeness (QED) is 0.721. The Balaban J connectivity index is 3.24. The number of aryl methyl sites for hydroxylation is 1.